The fourth-order valence-electron chi connectivity index (χ4n) is 3.07. The average molecular weight is 239 g/mol. The molecule has 17 heavy (non-hydrogen) atoms. The molecule has 3 N–H and O–H groups in total. The molecular weight excluding hydrogens is 210 g/mol. The van der Waals surface area contributed by atoms with Crippen molar-refractivity contribution in [2.45, 2.75) is 64.0 Å². The molecule has 1 unspecified atom stereocenters. The zero-order valence-electron chi connectivity index (χ0n) is 11.9. The molecule has 1 aliphatic carbocycles. The third-order valence-electron chi connectivity index (χ3n) is 4.12. The molecule has 1 aliphatic rings. The molecule has 0 aliphatic heterocycles. The van der Waals surface area contributed by atoms with Gasteiger partial charge in [0.1, 0.15) is 0 Å². The highest BCUT2D eigenvalue weighted by atomic mass is 15.3. The molecule has 0 aromatic rings. The van der Waals surface area contributed by atoms with E-state index >= 15 is 0 Å². The van der Waals surface area contributed by atoms with Gasteiger partial charge >= 0.3 is 0 Å². The summed E-state index contributed by atoms with van der Waals surface area (Å²) >= 11 is 0. The summed E-state index contributed by atoms with van der Waals surface area (Å²) in [5, 5.41) is 0. The summed E-state index contributed by atoms with van der Waals surface area (Å²) in [6.45, 7) is 4.29. The van der Waals surface area contributed by atoms with E-state index in [0.29, 0.717) is 0 Å². The zero-order valence-corrected chi connectivity index (χ0v) is 11.9. The molecule has 100 valence electrons. The summed E-state index contributed by atoms with van der Waals surface area (Å²) < 4.78 is 0. The quantitative estimate of drug-likeness (QED) is 0.343. The molecule has 0 radical (unpaired) electrons. The van der Waals surface area contributed by atoms with Crippen molar-refractivity contribution in [3.05, 3.63) is 11.6 Å². The monoisotopic (exact) mass is 239 g/mol. The Morgan fingerprint density at radius 3 is 2.06 bits per heavy atom. The van der Waals surface area contributed by atoms with E-state index in [1.807, 2.05) is 0 Å². The first-order chi connectivity index (χ1) is 8.03. The van der Waals surface area contributed by atoms with Gasteiger partial charge in [0.2, 0.25) is 0 Å². The van der Waals surface area contributed by atoms with Crippen molar-refractivity contribution in [1.82, 2.24) is 10.3 Å². The first kappa shape index (κ1) is 14.7. The van der Waals surface area contributed by atoms with Crippen molar-refractivity contribution < 1.29 is 0 Å². The summed E-state index contributed by atoms with van der Waals surface area (Å²) in [5.74, 6) is 5.80. The van der Waals surface area contributed by atoms with Gasteiger partial charge in [-0.05, 0) is 40.8 Å². The molecule has 3 nitrogen and oxygen atoms in total. The third kappa shape index (κ3) is 3.54. The lowest BCUT2D eigenvalue weighted by molar-refractivity contribution is 0.0987. The second-order valence-electron chi connectivity index (χ2n) is 5.80. The Kier molecular flexibility index (Phi) is 5.63. The predicted molar refractivity (Wildman–Crippen MR) is 74.7 cm³/mol. The van der Waals surface area contributed by atoms with E-state index in [1.165, 1.54) is 44.1 Å². The number of nitrogens with two attached hydrogens (primary N) is 1. The number of rotatable bonds is 4. The Balaban J connectivity index is 2.98. The standard InChI is InChI=1S/C14H29N3/c1-12(2)11-13(16-15)14(17(3)4)9-7-5-6-8-10-14/h11,13,16H,5-10,15H2,1-4H3. The minimum absolute atomic E-state index is 0.183. The maximum atomic E-state index is 5.80. The van der Waals surface area contributed by atoms with Crippen molar-refractivity contribution in [1.29, 1.82) is 0 Å². The fraction of sp³-hybridized carbons (Fsp3) is 0.857. The van der Waals surface area contributed by atoms with Gasteiger partial charge in [-0.2, -0.15) is 0 Å². The molecule has 1 fully saturated rings. The maximum Gasteiger partial charge on any atom is 0.0576 e. The van der Waals surface area contributed by atoms with Gasteiger partial charge < -0.3 is 4.90 Å². The van der Waals surface area contributed by atoms with Crippen LogP contribution < -0.4 is 11.3 Å². The Morgan fingerprint density at radius 1 is 1.18 bits per heavy atom. The largest absolute Gasteiger partial charge is 0.302 e. The zero-order chi connectivity index (χ0) is 12.9. The minimum Gasteiger partial charge on any atom is -0.302 e. The first-order valence-electron chi connectivity index (χ1n) is 6.81. The van der Waals surface area contributed by atoms with Gasteiger partial charge in [-0.15, -0.1) is 0 Å². The highest BCUT2D eigenvalue weighted by Crippen LogP contribution is 2.34. The van der Waals surface area contributed by atoms with Gasteiger partial charge in [-0.25, -0.2) is 0 Å². The van der Waals surface area contributed by atoms with Gasteiger partial charge in [-0.1, -0.05) is 37.3 Å². The van der Waals surface area contributed by atoms with Crippen LogP contribution in [-0.4, -0.2) is 30.6 Å². The van der Waals surface area contributed by atoms with E-state index in [4.69, 9.17) is 5.84 Å². The minimum atomic E-state index is 0.183. The van der Waals surface area contributed by atoms with Gasteiger partial charge in [-0.3, -0.25) is 11.3 Å². The molecule has 1 atom stereocenters. The normalized spacial score (nSPS) is 22.0. The lowest BCUT2D eigenvalue weighted by Crippen LogP contribution is -2.59. The molecule has 3 heteroatoms. The van der Waals surface area contributed by atoms with Crippen LogP contribution in [0.4, 0.5) is 0 Å². The van der Waals surface area contributed by atoms with Crippen molar-refractivity contribution in [2.24, 2.45) is 5.84 Å². The van der Waals surface area contributed by atoms with E-state index in [0.717, 1.165) is 0 Å². The highest BCUT2D eigenvalue weighted by Gasteiger charge is 2.39. The summed E-state index contributed by atoms with van der Waals surface area (Å²) in [6.07, 6.45) is 10.1. The van der Waals surface area contributed by atoms with Crippen LogP contribution in [0.25, 0.3) is 0 Å². The second-order valence-corrected chi connectivity index (χ2v) is 5.80. The van der Waals surface area contributed by atoms with Crippen LogP contribution in [0, 0.1) is 0 Å². The van der Waals surface area contributed by atoms with Crippen LogP contribution in [0.3, 0.4) is 0 Å². The third-order valence-corrected chi connectivity index (χ3v) is 4.12. The van der Waals surface area contributed by atoms with Crippen molar-refractivity contribution >= 4 is 0 Å². The first-order valence-corrected chi connectivity index (χ1v) is 6.81. The molecule has 0 spiro atoms. The maximum absolute atomic E-state index is 5.80. The van der Waals surface area contributed by atoms with Crippen LogP contribution in [0.15, 0.2) is 11.6 Å². The van der Waals surface area contributed by atoms with E-state index in [1.54, 1.807) is 0 Å². The SMILES string of the molecule is CC(C)=CC(NN)C1(N(C)C)CCCCCC1. The highest BCUT2D eigenvalue weighted by molar-refractivity contribution is 5.12. The fourth-order valence-corrected chi connectivity index (χ4v) is 3.07. The van der Waals surface area contributed by atoms with Gasteiger partial charge in [0.25, 0.3) is 0 Å². The average Bonchev–Trinajstić information content (AvgIpc) is 2.51. The Labute approximate surface area is 106 Å². The smallest absolute Gasteiger partial charge is 0.0576 e. The number of hydrogen-bond acceptors (Lipinski definition) is 3. The lowest BCUT2D eigenvalue weighted by Gasteiger charge is -2.44. The summed E-state index contributed by atoms with van der Waals surface area (Å²) in [4.78, 5) is 2.38. The summed E-state index contributed by atoms with van der Waals surface area (Å²) in [7, 11) is 4.38. The van der Waals surface area contributed by atoms with E-state index in [-0.39, 0.29) is 11.6 Å². The Bertz CT molecular complexity index is 246. The van der Waals surface area contributed by atoms with Crippen molar-refractivity contribution in [3.63, 3.8) is 0 Å². The van der Waals surface area contributed by atoms with E-state index in [9.17, 15) is 0 Å². The molecular formula is C14H29N3. The number of allylic oxidation sites excluding steroid dienone is 1. The van der Waals surface area contributed by atoms with Crippen LogP contribution >= 0.6 is 0 Å². The predicted octanol–water partition coefficient (Wildman–Crippen LogP) is 2.44. The Morgan fingerprint density at radius 2 is 1.71 bits per heavy atom. The molecule has 0 heterocycles. The van der Waals surface area contributed by atoms with Crippen molar-refractivity contribution in [2.75, 3.05) is 14.1 Å². The van der Waals surface area contributed by atoms with Crippen LogP contribution in [0.1, 0.15) is 52.4 Å². The van der Waals surface area contributed by atoms with Crippen LogP contribution in [0.2, 0.25) is 0 Å². The number of hydrazine groups is 1. The number of hydrogen-bond donors (Lipinski definition) is 2. The lowest BCUT2D eigenvalue weighted by atomic mass is 9.81. The van der Waals surface area contributed by atoms with Crippen LogP contribution in [0.5, 0.6) is 0 Å². The van der Waals surface area contributed by atoms with E-state index < -0.39 is 0 Å². The van der Waals surface area contributed by atoms with Gasteiger partial charge in [0.15, 0.2) is 0 Å². The molecule has 0 aromatic heterocycles. The molecule has 0 bridgehead atoms. The van der Waals surface area contributed by atoms with Gasteiger partial charge in [0.05, 0.1) is 6.04 Å². The number of likely N-dealkylation sites (N-methyl/N-ethyl adjacent to an activating group) is 1. The van der Waals surface area contributed by atoms with E-state index in [2.05, 4.69) is 44.3 Å². The molecule has 0 amide bonds. The Hall–Kier alpha value is -0.380. The van der Waals surface area contributed by atoms with Crippen molar-refractivity contribution in [3.8, 4) is 0 Å². The van der Waals surface area contributed by atoms with Gasteiger partial charge in [0, 0.05) is 5.54 Å². The topological polar surface area (TPSA) is 41.3 Å². The summed E-state index contributed by atoms with van der Waals surface area (Å²) in [6, 6.07) is 0.251. The molecule has 0 aromatic carbocycles. The number of nitrogens with one attached hydrogen (secondary N) is 1. The molecule has 1 saturated carbocycles. The number of nitrogens with zero attached hydrogens (tertiary/aromatic N) is 1. The van der Waals surface area contributed by atoms with Crippen LogP contribution in [-0.2, 0) is 0 Å². The summed E-state index contributed by atoms with van der Waals surface area (Å²) in [5.41, 5.74) is 4.55. The molecule has 0 saturated heterocycles. The molecule has 1 rings (SSSR count). The second kappa shape index (κ2) is 6.53.